The summed E-state index contributed by atoms with van der Waals surface area (Å²) in [5, 5.41) is 12.2. The Morgan fingerprint density at radius 1 is 1.59 bits per heavy atom. The van der Waals surface area contributed by atoms with Gasteiger partial charge in [-0.05, 0) is 30.5 Å². The third-order valence-electron chi connectivity index (χ3n) is 2.82. The summed E-state index contributed by atoms with van der Waals surface area (Å²) < 4.78 is 0. The zero-order chi connectivity index (χ0) is 12.7. The molecule has 2 N–H and O–H groups in total. The Morgan fingerprint density at radius 2 is 2.35 bits per heavy atom. The Morgan fingerprint density at radius 3 is 2.94 bits per heavy atom. The number of hydrogen-bond donors (Lipinski definition) is 2. The molecule has 94 valence electrons. The molecule has 1 unspecified atom stereocenters. The normalized spacial score (nSPS) is 12.4. The van der Waals surface area contributed by atoms with Crippen molar-refractivity contribution in [3.63, 3.8) is 0 Å². The lowest BCUT2D eigenvalue weighted by molar-refractivity contribution is -0.139. The third kappa shape index (κ3) is 4.53. The summed E-state index contributed by atoms with van der Waals surface area (Å²) in [6, 6.07) is 1.46. The van der Waals surface area contributed by atoms with Gasteiger partial charge in [-0.15, -0.1) is 0 Å². The minimum Gasteiger partial charge on any atom is -0.480 e. The molecular weight excluding hydrogens is 216 g/mol. The van der Waals surface area contributed by atoms with Gasteiger partial charge >= 0.3 is 5.97 Å². The number of aryl methyl sites for hydroxylation is 1. The second-order valence-corrected chi connectivity index (χ2v) is 4.22. The minimum absolute atomic E-state index is 0.456. The standard InChI is InChI=1S/C13H20N2O2/c1-3-4-5-12(13(16)17)15-9-11-6-7-14-8-10(11)2/h6-8,12,15H,3-5,9H2,1-2H3,(H,16,17). The van der Waals surface area contributed by atoms with Gasteiger partial charge in [0.15, 0.2) is 0 Å². The summed E-state index contributed by atoms with van der Waals surface area (Å²) >= 11 is 0. The summed E-state index contributed by atoms with van der Waals surface area (Å²) in [5.41, 5.74) is 2.18. The van der Waals surface area contributed by atoms with Crippen molar-refractivity contribution in [1.82, 2.24) is 10.3 Å². The lowest BCUT2D eigenvalue weighted by atomic mass is 10.1. The molecule has 1 atom stereocenters. The van der Waals surface area contributed by atoms with Crippen LogP contribution in [0.5, 0.6) is 0 Å². The van der Waals surface area contributed by atoms with E-state index >= 15 is 0 Å². The molecule has 0 spiro atoms. The van der Waals surface area contributed by atoms with E-state index in [9.17, 15) is 4.79 Å². The molecule has 0 radical (unpaired) electrons. The largest absolute Gasteiger partial charge is 0.480 e. The van der Waals surface area contributed by atoms with Gasteiger partial charge in [-0.2, -0.15) is 0 Å². The SMILES string of the molecule is CCCCC(NCc1ccncc1C)C(=O)O. The molecule has 17 heavy (non-hydrogen) atoms. The predicted octanol–water partition coefficient (Wildman–Crippen LogP) is 2.12. The first-order valence-corrected chi connectivity index (χ1v) is 6.00. The number of carboxylic acids is 1. The van der Waals surface area contributed by atoms with E-state index in [0.29, 0.717) is 13.0 Å². The van der Waals surface area contributed by atoms with Crippen molar-refractivity contribution in [3.8, 4) is 0 Å². The summed E-state index contributed by atoms with van der Waals surface area (Å²) in [6.07, 6.45) is 6.14. The summed E-state index contributed by atoms with van der Waals surface area (Å²) in [7, 11) is 0. The molecule has 0 aliphatic heterocycles. The average molecular weight is 236 g/mol. The van der Waals surface area contributed by atoms with Crippen LogP contribution in [0.2, 0.25) is 0 Å². The number of aliphatic carboxylic acids is 1. The zero-order valence-electron chi connectivity index (χ0n) is 10.4. The van der Waals surface area contributed by atoms with Gasteiger partial charge in [-0.1, -0.05) is 19.8 Å². The van der Waals surface area contributed by atoms with Gasteiger partial charge in [0.2, 0.25) is 0 Å². The van der Waals surface area contributed by atoms with Crippen LogP contribution in [0.25, 0.3) is 0 Å². The van der Waals surface area contributed by atoms with Crippen molar-refractivity contribution < 1.29 is 9.90 Å². The number of unbranched alkanes of at least 4 members (excludes halogenated alkanes) is 1. The number of hydrogen-bond acceptors (Lipinski definition) is 3. The molecule has 0 saturated carbocycles. The Kier molecular flexibility index (Phi) is 5.63. The molecule has 1 aromatic rings. The molecule has 4 heteroatoms. The molecule has 0 aromatic carbocycles. The molecule has 1 rings (SSSR count). The maximum Gasteiger partial charge on any atom is 0.320 e. The summed E-state index contributed by atoms with van der Waals surface area (Å²) in [4.78, 5) is 15.0. The van der Waals surface area contributed by atoms with Crippen LogP contribution in [0, 0.1) is 6.92 Å². The van der Waals surface area contributed by atoms with Crippen molar-refractivity contribution in [2.45, 2.75) is 45.7 Å². The van der Waals surface area contributed by atoms with Crippen LogP contribution in [0.3, 0.4) is 0 Å². The van der Waals surface area contributed by atoms with Crippen LogP contribution in [0.15, 0.2) is 18.5 Å². The van der Waals surface area contributed by atoms with E-state index in [0.717, 1.165) is 24.0 Å². The van der Waals surface area contributed by atoms with E-state index in [-0.39, 0.29) is 0 Å². The molecular formula is C13H20N2O2. The first-order chi connectivity index (χ1) is 8.15. The van der Waals surface area contributed by atoms with Crippen molar-refractivity contribution in [3.05, 3.63) is 29.6 Å². The molecule has 1 aromatic heterocycles. The topological polar surface area (TPSA) is 62.2 Å². The number of carbonyl (C=O) groups is 1. The average Bonchev–Trinajstić information content (AvgIpc) is 2.31. The second-order valence-electron chi connectivity index (χ2n) is 4.22. The van der Waals surface area contributed by atoms with E-state index in [1.165, 1.54) is 0 Å². The van der Waals surface area contributed by atoms with Crippen molar-refractivity contribution >= 4 is 5.97 Å². The van der Waals surface area contributed by atoms with E-state index in [2.05, 4.69) is 17.2 Å². The Balaban J connectivity index is 2.52. The van der Waals surface area contributed by atoms with Crippen LogP contribution < -0.4 is 5.32 Å². The Hall–Kier alpha value is -1.42. The maximum atomic E-state index is 11.0. The third-order valence-corrected chi connectivity index (χ3v) is 2.82. The highest BCUT2D eigenvalue weighted by molar-refractivity contribution is 5.73. The summed E-state index contributed by atoms with van der Waals surface area (Å²) in [6.45, 7) is 4.62. The monoisotopic (exact) mass is 236 g/mol. The highest BCUT2D eigenvalue weighted by atomic mass is 16.4. The maximum absolute atomic E-state index is 11.0. The molecule has 0 amide bonds. The van der Waals surface area contributed by atoms with Gasteiger partial charge in [0.05, 0.1) is 0 Å². The van der Waals surface area contributed by atoms with Gasteiger partial charge in [0.1, 0.15) is 6.04 Å². The van der Waals surface area contributed by atoms with Crippen molar-refractivity contribution in [2.24, 2.45) is 0 Å². The number of nitrogens with one attached hydrogen (secondary N) is 1. The van der Waals surface area contributed by atoms with Crippen LogP contribution in [0.4, 0.5) is 0 Å². The lowest BCUT2D eigenvalue weighted by Gasteiger charge is -2.14. The van der Waals surface area contributed by atoms with E-state index in [1.807, 2.05) is 13.0 Å². The quantitative estimate of drug-likeness (QED) is 0.761. The first kappa shape index (κ1) is 13.6. The highest BCUT2D eigenvalue weighted by Gasteiger charge is 2.15. The smallest absolute Gasteiger partial charge is 0.320 e. The van der Waals surface area contributed by atoms with E-state index in [4.69, 9.17) is 5.11 Å². The van der Waals surface area contributed by atoms with Gasteiger partial charge in [0.25, 0.3) is 0 Å². The molecule has 0 fully saturated rings. The van der Waals surface area contributed by atoms with Gasteiger partial charge in [-0.3, -0.25) is 9.78 Å². The van der Waals surface area contributed by atoms with Gasteiger partial charge < -0.3 is 10.4 Å². The minimum atomic E-state index is -0.773. The van der Waals surface area contributed by atoms with Crippen molar-refractivity contribution in [1.29, 1.82) is 0 Å². The number of nitrogens with zero attached hydrogens (tertiary/aromatic N) is 1. The fourth-order valence-electron chi connectivity index (χ4n) is 1.65. The Labute approximate surface area is 102 Å². The second kappa shape index (κ2) is 7.01. The fraction of sp³-hybridized carbons (Fsp3) is 0.538. The zero-order valence-corrected chi connectivity index (χ0v) is 10.4. The predicted molar refractivity (Wildman–Crippen MR) is 66.8 cm³/mol. The molecule has 0 aliphatic rings. The Bertz CT molecular complexity index is 366. The number of pyridine rings is 1. The first-order valence-electron chi connectivity index (χ1n) is 6.00. The van der Waals surface area contributed by atoms with Crippen LogP contribution in [-0.4, -0.2) is 22.1 Å². The molecule has 4 nitrogen and oxygen atoms in total. The molecule has 0 saturated heterocycles. The molecule has 0 bridgehead atoms. The van der Waals surface area contributed by atoms with E-state index < -0.39 is 12.0 Å². The van der Waals surface area contributed by atoms with Crippen LogP contribution in [-0.2, 0) is 11.3 Å². The number of rotatable bonds is 7. The van der Waals surface area contributed by atoms with E-state index in [1.54, 1.807) is 12.4 Å². The number of aromatic nitrogens is 1. The summed E-state index contributed by atoms with van der Waals surface area (Å²) in [5.74, 6) is -0.773. The van der Waals surface area contributed by atoms with Gasteiger partial charge in [-0.25, -0.2) is 0 Å². The van der Waals surface area contributed by atoms with Crippen molar-refractivity contribution in [2.75, 3.05) is 0 Å². The molecule has 0 aliphatic carbocycles. The highest BCUT2D eigenvalue weighted by Crippen LogP contribution is 2.07. The molecule has 1 heterocycles. The lowest BCUT2D eigenvalue weighted by Crippen LogP contribution is -2.36. The van der Waals surface area contributed by atoms with Crippen LogP contribution >= 0.6 is 0 Å². The van der Waals surface area contributed by atoms with Gasteiger partial charge in [0, 0.05) is 18.9 Å². The fourth-order valence-corrected chi connectivity index (χ4v) is 1.65. The number of carboxylic acid groups (broad SMARTS) is 1. The van der Waals surface area contributed by atoms with Crippen LogP contribution in [0.1, 0.15) is 37.3 Å².